The third-order valence-electron chi connectivity index (χ3n) is 2.15. The molecule has 1 aliphatic heterocycles. The molecule has 3 nitrogen and oxygen atoms in total. The van der Waals surface area contributed by atoms with Gasteiger partial charge in [0.05, 0.1) is 17.1 Å². The molecule has 0 spiro atoms. The van der Waals surface area contributed by atoms with Crippen LogP contribution in [0.5, 0.6) is 0 Å². The van der Waals surface area contributed by atoms with Gasteiger partial charge in [0.25, 0.3) is 0 Å². The zero-order chi connectivity index (χ0) is 14.8. The summed E-state index contributed by atoms with van der Waals surface area (Å²) in [7, 11) is 0. The Labute approximate surface area is 129 Å². The highest BCUT2D eigenvalue weighted by molar-refractivity contribution is 8.17. The Morgan fingerprint density at radius 3 is 2.95 bits per heavy atom. The van der Waals surface area contributed by atoms with Gasteiger partial charge >= 0.3 is 0 Å². The van der Waals surface area contributed by atoms with Crippen molar-refractivity contribution in [1.29, 1.82) is 0 Å². The van der Waals surface area contributed by atoms with Crippen LogP contribution >= 0.6 is 23.4 Å². The molecule has 0 saturated heterocycles. The zero-order valence-electron chi connectivity index (χ0n) is 11.6. The van der Waals surface area contributed by atoms with Crippen LogP contribution in [0.15, 0.2) is 68.8 Å². The number of nitrogens with zero attached hydrogens (tertiary/aromatic N) is 2. The average molecular weight is 308 g/mol. The minimum Gasteiger partial charge on any atom is -0.371 e. The number of rotatable bonds is 5. The summed E-state index contributed by atoms with van der Waals surface area (Å²) in [5.41, 5.74) is 0.934. The fourth-order valence-corrected chi connectivity index (χ4v) is 2.21. The van der Waals surface area contributed by atoms with Gasteiger partial charge in [0, 0.05) is 22.7 Å². The lowest BCUT2D eigenvalue weighted by Crippen LogP contribution is -2.19. The molecule has 1 aliphatic rings. The Hall–Kier alpha value is -1.52. The van der Waals surface area contributed by atoms with Crippen LogP contribution in [0.25, 0.3) is 0 Å². The Kier molecular flexibility index (Phi) is 7.77. The van der Waals surface area contributed by atoms with Crippen molar-refractivity contribution in [2.75, 3.05) is 6.54 Å². The second kappa shape index (κ2) is 9.39. The predicted octanol–water partition coefficient (Wildman–Crippen LogP) is 4.38. The predicted molar refractivity (Wildman–Crippen MR) is 92.3 cm³/mol. The fourth-order valence-electron chi connectivity index (χ4n) is 1.31. The van der Waals surface area contributed by atoms with Crippen molar-refractivity contribution in [2.45, 2.75) is 13.8 Å². The molecule has 1 N–H and O–H groups in total. The molecule has 5 heteroatoms. The summed E-state index contributed by atoms with van der Waals surface area (Å²) in [5.74, 6) is 0. The van der Waals surface area contributed by atoms with Crippen molar-refractivity contribution in [3.8, 4) is 0 Å². The first kappa shape index (κ1) is 16.5. The minimum atomic E-state index is 0.661. The SMILES string of the molecule is C=C/C=C\C=C\C1=C(SC(C)=N/C=C(\C)Cl)CNC=N1. The third-order valence-corrected chi connectivity index (χ3v) is 3.25. The Morgan fingerprint density at radius 1 is 1.45 bits per heavy atom. The second-order valence-electron chi connectivity index (χ2n) is 3.89. The fraction of sp³-hybridized carbons (Fsp3) is 0.200. The van der Waals surface area contributed by atoms with E-state index in [1.165, 1.54) is 0 Å². The molecular weight excluding hydrogens is 290 g/mol. The summed E-state index contributed by atoms with van der Waals surface area (Å²) >= 11 is 7.35. The Bertz CT molecular complexity index is 521. The third kappa shape index (κ3) is 6.59. The van der Waals surface area contributed by atoms with Crippen LogP contribution in [0.3, 0.4) is 0 Å². The number of aliphatic imine (C=N–C) groups is 2. The first-order chi connectivity index (χ1) is 9.63. The van der Waals surface area contributed by atoms with Gasteiger partial charge in [-0.1, -0.05) is 54.2 Å². The number of nitrogens with one attached hydrogen (secondary N) is 1. The van der Waals surface area contributed by atoms with Crippen LogP contribution < -0.4 is 5.32 Å². The molecule has 1 heterocycles. The molecular formula is C15H18ClN3S. The molecule has 0 radical (unpaired) electrons. The van der Waals surface area contributed by atoms with Gasteiger partial charge in [-0.15, -0.1) is 0 Å². The molecule has 0 aromatic carbocycles. The Balaban J connectivity index is 2.83. The lowest BCUT2D eigenvalue weighted by Gasteiger charge is -2.13. The van der Waals surface area contributed by atoms with E-state index in [1.807, 2.05) is 31.2 Å². The van der Waals surface area contributed by atoms with E-state index in [4.69, 9.17) is 11.6 Å². The summed E-state index contributed by atoms with van der Waals surface area (Å²) in [6.45, 7) is 8.12. The summed E-state index contributed by atoms with van der Waals surface area (Å²) in [5, 5.41) is 4.68. The number of allylic oxidation sites excluding steroid dienone is 6. The van der Waals surface area contributed by atoms with Crippen LogP contribution in [-0.4, -0.2) is 17.9 Å². The normalized spacial score (nSPS) is 17.1. The Morgan fingerprint density at radius 2 is 2.25 bits per heavy atom. The van der Waals surface area contributed by atoms with Crippen LogP contribution in [0.2, 0.25) is 0 Å². The van der Waals surface area contributed by atoms with Crippen LogP contribution in [0.4, 0.5) is 0 Å². The summed E-state index contributed by atoms with van der Waals surface area (Å²) in [6, 6.07) is 0. The second-order valence-corrected chi connectivity index (χ2v) is 5.78. The van der Waals surface area contributed by atoms with E-state index in [1.54, 1.807) is 37.3 Å². The molecule has 0 fully saturated rings. The van der Waals surface area contributed by atoms with Gasteiger partial charge in [0.2, 0.25) is 0 Å². The van der Waals surface area contributed by atoms with E-state index in [9.17, 15) is 0 Å². The van der Waals surface area contributed by atoms with Crippen molar-refractivity contribution in [2.24, 2.45) is 9.98 Å². The van der Waals surface area contributed by atoms with E-state index in [-0.39, 0.29) is 0 Å². The molecule has 0 aliphatic carbocycles. The molecule has 1 rings (SSSR count). The first-order valence-electron chi connectivity index (χ1n) is 6.13. The standard InChI is InChI=1S/C15H18ClN3S/c1-4-5-6-7-8-14-15(10-17-11-19-14)20-13(3)18-9-12(2)16/h4-9,11H,1,10H2,2-3H3,(H,17,19)/b6-5-,8-7+,12-9+,18-13?. The zero-order valence-corrected chi connectivity index (χ0v) is 13.2. The van der Waals surface area contributed by atoms with E-state index in [0.29, 0.717) is 5.03 Å². The first-order valence-corrected chi connectivity index (χ1v) is 7.32. The van der Waals surface area contributed by atoms with Crippen LogP contribution in [-0.2, 0) is 0 Å². The lowest BCUT2D eigenvalue weighted by atomic mass is 10.3. The monoisotopic (exact) mass is 307 g/mol. The summed E-state index contributed by atoms with van der Waals surface area (Å²) < 4.78 is 0. The van der Waals surface area contributed by atoms with Gasteiger partial charge in [-0.2, -0.15) is 0 Å². The topological polar surface area (TPSA) is 36.8 Å². The van der Waals surface area contributed by atoms with Gasteiger partial charge in [-0.25, -0.2) is 4.99 Å². The number of hydrogen-bond donors (Lipinski definition) is 1. The summed E-state index contributed by atoms with van der Waals surface area (Å²) in [6.07, 6.45) is 12.8. The number of halogens is 1. The summed E-state index contributed by atoms with van der Waals surface area (Å²) in [4.78, 5) is 9.74. The van der Waals surface area contributed by atoms with E-state index in [2.05, 4.69) is 21.9 Å². The lowest BCUT2D eigenvalue weighted by molar-refractivity contribution is 1.01. The molecule has 20 heavy (non-hydrogen) atoms. The van der Waals surface area contributed by atoms with Gasteiger partial charge in [-0.3, -0.25) is 4.99 Å². The molecule has 0 bridgehead atoms. The van der Waals surface area contributed by atoms with Crippen molar-refractivity contribution in [1.82, 2.24) is 5.32 Å². The van der Waals surface area contributed by atoms with Crippen LogP contribution in [0.1, 0.15) is 13.8 Å². The van der Waals surface area contributed by atoms with Gasteiger partial charge in [0.15, 0.2) is 0 Å². The minimum absolute atomic E-state index is 0.661. The highest BCUT2D eigenvalue weighted by Gasteiger charge is 2.09. The molecule has 0 aromatic heterocycles. The molecule has 0 atom stereocenters. The van der Waals surface area contributed by atoms with E-state index < -0.39 is 0 Å². The highest BCUT2D eigenvalue weighted by atomic mass is 35.5. The maximum atomic E-state index is 5.76. The maximum Gasteiger partial charge on any atom is 0.0889 e. The van der Waals surface area contributed by atoms with Gasteiger partial charge < -0.3 is 5.32 Å². The van der Waals surface area contributed by atoms with E-state index in [0.717, 1.165) is 22.2 Å². The van der Waals surface area contributed by atoms with Gasteiger partial charge in [-0.05, 0) is 19.9 Å². The largest absolute Gasteiger partial charge is 0.371 e. The van der Waals surface area contributed by atoms with Crippen molar-refractivity contribution in [3.63, 3.8) is 0 Å². The smallest absolute Gasteiger partial charge is 0.0889 e. The highest BCUT2D eigenvalue weighted by Crippen LogP contribution is 2.24. The number of thioether (sulfide) groups is 1. The molecule has 0 unspecified atom stereocenters. The molecule has 0 aromatic rings. The van der Waals surface area contributed by atoms with Crippen molar-refractivity contribution >= 4 is 34.7 Å². The van der Waals surface area contributed by atoms with Crippen molar-refractivity contribution < 1.29 is 0 Å². The maximum absolute atomic E-state index is 5.76. The van der Waals surface area contributed by atoms with Crippen molar-refractivity contribution in [3.05, 3.63) is 58.8 Å². The van der Waals surface area contributed by atoms with Crippen LogP contribution in [0, 0.1) is 0 Å². The number of hydrogen-bond acceptors (Lipinski definition) is 4. The molecule has 0 amide bonds. The van der Waals surface area contributed by atoms with E-state index >= 15 is 0 Å². The molecule has 106 valence electrons. The quantitative estimate of drug-likeness (QED) is 0.465. The molecule has 0 saturated carbocycles. The average Bonchev–Trinajstić information content (AvgIpc) is 2.43. The van der Waals surface area contributed by atoms with Gasteiger partial charge in [0.1, 0.15) is 0 Å².